The van der Waals surface area contributed by atoms with E-state index in [0.29, 0.717) is 12.2 Å². The molecule has 0 saturated heterocycles. The van der Waals surface area contributed by atoms with Gasteiger partial charge in [0.2, 0.25) is 0 Å². The SMILES string of the molecule is CC(C)(CO)CNc1c(Cl)cc([N+](=O)[O-])cc1Cl. The van der Waals surface area contributed by atoms with Gasteiger partial charge < -0.3 is 10.4 Å². The van der Waals surface area contributed by atoms with Gasteiger partial charge in [-0.25, -0.2) is 0 Å². The predicted octanol–water partition coefficient (Wildman–Crippen LogP) is 3.33. The van der Waals surface area contributed by atoms with Crippen LogP contribution in [0.4, 0.5) is 11.4 Å². The molecule has 0 aromatic heterocycles. The lowest BCUT2D eigenvalue weighted by Crippen LogP contribution is -2.27. The topological polar surface area (TPSA) is 75.4 Å². The highest BCUT2D eigenvalue weighted by Gasteiger charge is 2.19. The summed E-state index contributed by atoms with van der Waals surface area (Å²) in [5, 5.41) is 23.1. The first-order valence-electron chi connectivity index (χ1n) is 5.25. The maximum atomic E-state index is 10.6. The molecule has 0 atom stereocenters. The second-order valence-corrected chi connectivity index (χ2v) is 5.53. The molecule has 7 heteroatoms. The van der Waals surface area contributed by atoms with Crippen molar-refractivity contribution in [3.8, 4) is 0 Å². The van der Waals surface area contributed by atoms with E-state index in [2.05, 4.69) is 5.32 Å². The quantitative estimate of drug-likeness (QED) is 0.645. The van der Waals surface area contributed by atoms with Crippen LogP contribution in [0.1, 0.15) is 13.8 Å². The molecule has 1 aromatic carbocycles. The summed E-state index contributed by atoms with van der Waals surface area (Å²) in [5.41, 5.74) is -0.0588. The van der Waals surface area contributed by atoms with Crippen molar-refractivity contribution in [1.29, 1.82) is 0 Å². The van der Waals surface area contributed by atoms with Crippen LogP contribution in [0, 0.1) is 15.5 Å². The van der Waals surface area contributed by atoms with Crippen molar-refractivity contribution in [2.45, 2.75) is 13.8 Å². The highest BCUT2D eigenvalue weighted by molar-refractivity contribution is 6.39. The number of nitrogens with one attached hydrogen (secondary N) is 1. The predicted molar refractivity (Wildman–Crippen MR) is 72.5 cm³/mol. The molecule has 0 aliphatic rings. The summed E-state index contributed by atoms with van der Waals surface area (Å²) in [6.07, 6.45) is 0. The number of nitrogens with zero attached hydrogens (tertiary/aromatic N) is 1. The molecular weight excluding hydrogens is 279 g/mol. The van der Waals surface area contributed by atoms with E-state index in [9.17, 15) is 10.1 Å². The van der Waals surface area contributed by atoms with Gasteiger partial charge >= 0.3 is 0 Å². The molecule has 0 saturated carbocycles. The average molecular weight is 293 g/mol. The number of nitro benzene ring substituents is 1. The van der Waals surface area contributed by atoms with Gasteiger partial charge in [-0.2, -0.15) is 0 Å². The fourth-order valence-electron chi connectivity index (χ4n) is 1.22. The van der Waals surface area contributed by atoms with E-state index in [-0.39, 0.29) is 27.8 Å². The van der Waals surface area contributed by atoms with Gasteiger partial charge in [-0.05, 0) is 0 Å². The summed E-state index contributed by atoms with van der Waals surface area (Å²) in [4.78, 5) is 10.1. The number of hydrogen-bond donors (Lipinski definition) is 2. The smallest absolute Gasteiger partial charge is 0.272 e. The maximum absolute atomic E-state index is 10.6. The number of non-ortho nitro benzene ring substituents is 1. The first-order chi connectivity index (χ1) is 8.26. The van der Waals surface area contributed by atoms with Crippen LogP contribution in [-0.2, 0) is 0 Å². The van der Waals surface area contributed by atoms with Crippen LogP contribution in [0.25, 0.3) is 0 Å². The van der Waals surface area contributed by atoms with Crippen molar-refractivity contribution in [3.05, 3.63) is 32.3 Å². The summed E-state index contributed by atoms with van der Waals surface area (Å²) in [6.45, 7) is 4.18. The Kier molecular flexibility index (Phi) is 4.78. The van der Waals surface area contributed by atoms with E-state index in [0.717, 1.165) is 0 Å². The van der Waals surface area contributed by atoms with Crippen LogP contribution >= 0.6 is 23.2 Å². The lowest BCUT2D eigenvalue weighted by molar-refractivity contribution is -0.384. The molecule has 0 fully saturated rings. The number of rotatable bonds is 5. The minimum Gasteiger partial charge on any atom is -0.396 e. The molecule has 0 aliphatic heterocycles. The van der Waals surface area contributed by atoms with Crippen LogP contribution in [0.2, 0.25) is 10.0 Å². The first-order valence-corrected chi connectivity index (χ1v) is 6.00. The molecule has 0 bridgehead atoms. The molecule has 0 unspecified atom stereocenters. The second kappa shape index (κ2) is 5.73. The highest BCUT2D eigenvalue weighted by Crippen LogP contribution is 2.35. The van der Waals surface area contributed by atoms with E-state index in [1.165, 1.54) is 12.1 Å². The Bertz CT molecular complexity index is 441. The minimum atomic E-state index is -0.556. The molecule has 0 spiro atoms. The van der Waals surface area contributed by atoms with Gasteiger partial charge in [0.05, 0.1) is 20.7 Å². The summed E-state index contributed by atoms with van der Waals surface area (Å²) in [6, 6.07) is 2.48. The zero-order valence-corrected chi connectivity index (χ0v) is 11.5. The molecule has 2 N–H and O–H groups in total. The van der Waals surface area contributed by atoms with Crippen LogP contribution < -0.4 is 5.32 Å². The summed E-state index contributed by atoms with van der Waals surface area (Å²) in [5.74, 6) is 0. The maximum Gasteiger partial charge on any atom is 0.272 e. The van der Waals surface area contributed by atoms with Crippen LogP contribution in [0.5, 0.6) is 0 Å². The van der Waals surface area contributed by atoms with Crippen molar-refractivity contribution in [3.63, 3.8) is 0 Å². The normalized spacial score (nSPS) is 11.4. The zero-order valence-electron chi connectivity index (χ0n) is 10.0. The Balaban J connectivity index is 2.94. The number of anilines is 1. The van der Waals surface area contributed by atoms with E-state index in [4.69, 9.17) is 28.3 Å². The zero-order chi connectivity index (χ0) is 13.9. The average Bonchev–Trinajstić information content (AvgIpc) is 2.27. The van der Waals surface area contributed by atoms with Crippen molar-refractivity contribution in [2.24, 2.45) is 5.41 Å². The molecule has 0 aliphatic carbocycles. The van der Waals surface area contributed by atoms with Gasteiger partial charge in [-0.3, -0.25) is 10.1 Å². The molecule has 0 radical (unpaired) electrons. The van der Waals surface area contributed by atoms with Crippen molar-refractivity contribution >= 4 is 34.6 Å². The molecule has 1 aromatic rings. The monoisotopic (exact) mass is 292 g/mol. The summed E-state index contributed by atoms with van der Waals surface area (Å²) in [7, 11) is 0. The van der Waals surface area contributed by atoms with Gasteiger partial charge in [-0.15, -0.1) is 0 Å². The lowest BCUT2D eigenvalue weighted by Gasteiger charge is -2.23. The van der Waals surface area contributed by atoms with E-state index in [1.807, 2.05) is 13.8 Å². The van der Waals surface area contributed by atoms with Crippen LogP contribution in [0.3, 0.4) is 0 Å². The number of nitro groups is 1. The molecule has 5 nitrogen and oxygen atoms in total. The molecule has 1 rings (SSSR count). The van der Waals surface area contributed by atoms with Gasteiger partial charge in [-0.1, -0.05) is 37.0 Å². The van der Waals surface area contributed by atoms with Crippen molar-refractivity contribution in [1.82, 2.24) is 0 Å². The Morgan fingerprint density at radius 1 is 1.39 bits per heavy atom. The number of aliphatic hydroxyl groups excluding tert-OH is 1. The summed E-state index contributed by atoms with van der Waals surface area (Å²) >= 11 is 11.9. The van der Waals surface area contributed by atoms with Gasteiger partial charge in [0.1, 0.15) is 0 Å². The Labute approximate surface area is 115 Å². The molecule has 0 heterocycles. The highest BCUT2D eigenvalue weighted by atomic mass is 35.5. The van der Waals surface area contributed by atoms with Gasteiger partial charge in [0.15, 0.2) is 0 Å². The fraction of sp³-hybridized carbons (Fsp3) is 0.455. The Morgan fingerprint density at radius 3 is 2.28 bits per heavy atom. The van der Waals surface area contributed by atoms with Crippen LogP contribution in [0.15, 0.2) is 12.1 Å². The first kappa shape index (κ1) is 15.0. The third-order valence-corrected chi connectivity index (χ3v) is 3.01. The number of halogens is 2. The van der Waals surface area contributed by atoms with Crippen molar-refractivity contribution in [2.75, 3.05) is 18.5 Å². The Hall–Kier alpha value is -1.04. The number of aliphatic hydroxyl groups is 1. The Morgan fingerprint density at radius 2 is 1.89 bits per heavy atom. The third-order valence-electron chi connectivity index (χ3n) is 2.41. The van der Waals surface area contributed by atoms with E-state index in [1.54, 1.807) is 0 Å². The van der Waals surface area contributed by atoms with Gasteiger partial charge in [0.25, 0.3) is 5.69 Å². The van der Waals surface area contributed by atoms with Crippen molar-refractivity contribution < 1.29 is 10.0 Å². The molecular formula is C11H14Cl2N2O3. The van der Waals surface area contributed by atoms with E-state index < -0.39 is 4.92 Å². The second-order valence-electron chi connectivity index (χ2n) is 4.72. The summed E-state index contributed by atoms with van der Waals surface area (Å²) < 4.78 is 0. The minimum absolute atomic E-state index is 0.00220. The van der Waals surface area contributed by atoms with Gasteiger partial charge in [0, 0.05) is 30.7 Å². The van der Waals surface area contributed by atoms with E-state index >= 15 is 0 Å². The third kappa shape index (κ3) is 3.73. The standard InChI is InChI=1S/C11H14Cl2N2O3/c1-11(2,6-16)5-14-10-8(12)3-7(15(17)18)4-9(10)13/h3-4,14,16H,5-6H2,1-2H3. The molecule has 0 amide bonds. The lowest BCUT2D eigenvalue weighted by atomic mass is 9.95. The van der Waals surface area contributed by atoms with Crippen LogP contribution in [-0.4, -0.2) is 23.2 Å². The molecule has 100 valence electrons. The largest absolute Gasteiger partial charge is 0.396 e. The number of benzene rings is 1. The number of hydrogen-bond acceptors (Lipinski definition) is 4. The molecule has 18 heavy (non-hydrogen) atoms. The fourth-order valence-corrected chi connectivity index (χ4v) is 1.83.